The number of rotatable bonds is 4. The minimum Gasteiger partial charge on any atom is -0.390 e. The molecule has 0 amide bonds. The minimum absolute atomic E-state index is 0.236. The maximum absolute atomic E-state index is 9.84. The largest absolute Gasteiger partial charge is 0.390 e. The van der Waals surface area contributed by atoms with Gasteiger partial charge >= 0.3 is 0 Å². The number of fused-ring (bicyclic) bond motifs is 1. The summed E-state index contributed by atoms with van der Waals surface area (Å²) in [7, 11) is 1.89. The monoisotopic (exact) mass is 227 g/mol. The number of nitrogens with one attached hydrogen (secondary N) is 1. The first-order chi connectivity index (χ1) is 7.70. The van der Waals surface area contributed by atoms with Crippen molar-refractivity contribution in [1.82, 2.24) is 15.1 Å². The molecule has 16 heavy (non-hydrogen) atoms. The highest BCUT2D eigenvalue weighted by molar-refractivity contribution is 4.91. The molecule has 3 atom stereocenters. The van der Waals surface area contributed by atoms with E-state index >= 15 is 0 Å². The van der Waals surface area contributed by atoms with Gasteiger partial charge in [-0.15, -0.1) is 0 Å². The topological polar surface area (TPSA) is 38.7 Å². The number of aliphatic hydroxyl groups is 1. The molecule has 4 nitrogen and oxygen atoms in total. The number of likely N-dealkylation sites (N-methyl/N-ethyl adjacent to an activating group) is 1. The van der Waals surface area contributed by atoms with Gasteiger partial charge in [0.15, 0.2) is 0 Å². The number of aliphatic hydroxyl groups excluding tert-OH is 1. The van der Waals surface area contributed by atoms with Crippen LogP contribution < -0.4 is 5.32 Å². The third-order valence-corrected chi connectivity index (χ3v) is 3.95. The lowest BCUT2D eigenvalue weighted by Gasteiger charge is -2.43. The molecular formula is C12H25N3O. The zero-order valence-electron chi connectivity index (χ0n) is 10.5. The van der Waals surface area contributed by atoms with Crippen molar-refractivity contribution in [3.63, 3.8) is 0 Å². The van der Waals surface area contributed by atoms with Crippen LogP contribution >= 0.6 is 0 Å². The van der Waals surface area contributed by atoms with E-state index in [0.717, 1.165) is 19.1 Å². The lowest BCUT2D eigenvalue weighted by atomic mass is 10.1. The second-order valence-electron chi connectivity index (χ2n) is 5.31. The molecule has 4 heteroatoms. The van der Waals surface area contributed by atoms with Crippen LogP contribution in [0.2, 0.25) is 0 Å². The fraction of sp³-hybridized carbons (Fsp3) is 1.00. The van der Waals surface area contributed by atoms with Crippen LogP contribution in [0.15, 0.2) is 0 Å². The minimum atomic E-state index is -0.236. The molecule has 2 N–H and O–H groups in total. The summed E-state index contributed by atoms with van der Waals surface area (Å²) in [5, 5.41) is 12.9. The molecule has 2 rings (SSSR count). The van der Waals surface area contributed by atoms with E-state index in [0.29, 0.717) is 12.6 Å². The van der Waals surface area contributed by atoms with E-state index < -0.39 is 0 Å². The highest BCUT2D eigenvalue weighted by Crippen LogP contribution is 2.24. The van der Waals surface area contributed by atoms with Crippen molar-refractivity contribution in [2.24, 2.45) is 0 Å². The van der Waals surface area contributed by atoms with Gasteiger partial charge < -0.3 is 10.4 Å². The third-order valence-electron chi connectivity index (χ3n) is 3.95. The molecule has 2 heterocycles. The highest BCUT2D eigenvalue weighted by Gasteiger charge is 2.34. The van der Waals surface area contributed by atoms with Crippen molar-refractivity contribution in [3.05, 3.63) is 0 Å². The molecule has 0 aromatic heterocycles. The Morgan fingerprint density at radius 2 is 2.25 bits per heavy atom. The van der Waals surface area contributed by atoms with Gasteiger partial charge in [0.05, 0.1) is 6.10 Å². The van der Waals surface area contributed by atoms with E-state index in [9.17, 15) is 5.11 Å². The number of piperazine rings is 1. The van der Waals surface area contributed by atoms with Crippen molar-refractivity contribution in [2.45, 2.75) is 38.0 Å². The summed E-state index contributed by atoms with van der Waals surface area (Å²) in [6.07, 6.45) is 2.45. The van der Waals surface area contributed by atoms with Gasteiger partial charge in [0.1, 0.15) is 0 Å². The van der Waals surface area contributed by atoms with Gasteiger partial charge in [0.25, 0.3) is 0 Å². The third kappa shape index (κ3) is 2.74. The molecule has 2 aliphatic rings. The SMILES string of the molecule is CNCC(O)CN1CC2CCCN2CC1C. The van der Waals surface area contributed by atoms with Crippen molar-refractivity contribution in [1.29, 1.82) is 0 Å². The molecule has 2 saturated heterocycles. The van der Waals surface area contributed by atoms with Crippen LogP contribution in [0.4, 0.5) is 0 Å². The Labute approximate surface area is 98.6 Å². The Morgan fingerprint density at radius 1 is 1.44 bits per heavy atom. The molecule has 3 unspecified atom stereocenters. The van der Waals surface area contributed by atoms with Crippen molar-refractivity contribution < 1.29 is 5.11 Å². The van der Waals surface area contributed by atoms with Gasteiger partial charge in [0, 0.05) is 38.3 Å². The first kappa shape index (κ1) is 12.3. The van der Waals surface area contributed by atoms with Gasteiger partial charge in [-0.25, -0.2) is 0 Å². The summed E-state index contributed by atoms with van der Waals surface area (Å²) < 4.78 is 0. The fourth-order valence-corrected chi connectivity index (χ4v) is 3.07. The van der Waals surface area contributed by atoms with Crippen molar-refractivity contribution >= 4 is 0 Å². The molecule has 2 aliphatic heterocycles. The maximum atomic E-state index is 9.84. The van der Waals surface area contributed by atoms with E-state index in [2.05, 4.69) is 22.0 Å². The molecule has 0 radical (unpaired) electrons. The molecule has 2 fully saturated rings. The average molecular weight is 227 g/mol. The number of hydrogen-bond donors (Lipinski definition) is 2. The summed E-state index contributed by atoms with van der Waals surface area (Å²) >= 11 is 0. The Hall–Kier alpha value is -0.160. The predicted octanol–water partition coefficient (Wildman–Crippen LogP) is -0.265. The van der Waals surface area contributed by atoms with Crippen LogP contribution in [0.25, 0.3) is 0 Å². The Kier molecular flexibility index (Phi) is 4.19. The molecule has 0 aromatic carbocycles. The van der Waals surface area contributed by atoms with Crippen LogP contribution in [-0.4, -0.2) is 72.9 Å². The van der Waals surface area contributed by atoms with Crippen LogP contribution in [0.1, 0.15) is 19.8 Å². The summed E-state index contributed by atoms with van der Waals surface area (Å²) in [4.78, 5) is 5.07. The second-order valence-corrected chi connectivity index (χ2v) is 5.31. The Morgan fingerprint density at radius 3 is 3.00 bits per heavy atom. The lowest BCUT2D eigenvalue weighted by molar-refractivity contribution is 0.0238. The predicted molar refractivity (Wildman–Crippen MR) is 65.6 cm³/mol. The average Bonchev–Trinajstić information content (AvgIpc) is 2.65. The summed E-state index contributed by atoms with van der Waals surface area (Å²) in [6, 6.07) is 1.33. The standard InChI is InChI=1S/C12H25N3O/c1-10-7-14-5-3-4-11(14)8-15(10)9-12(16)6-13-2/h10-13,16H,3-9H2,1-2H3. The molecule has 0 aromatic rings. The molecule has 0 spiro atoms. The molecular weight excluding hydrogens is 202 g/mol. The van der Waals surface area contributed by atoms with Crippen LogP contribution in [-0.2, 0) is 0 Å². The van der Waals surface area contributed by atoms with E-state index in [4.69, 9.17) is 0 Å². The van der Waals surface area contributed by atoms with E-state index in [-0.39, 0.29) is 6.10 Å². The van der Waals surface area contributed by atoms with Gasteiger partial charge in [-0.2, -0.15) is 0 Å². The number of nitrogens with zero attached hydrogens (tertiary/aromatic N) is 2. The van der Waals surface area contributed by atoms with E-state index in [1.165, 1.54) is 25.9 Å². The van der Waals surface area contributed by atoms with E-state index in [1.807, 2.05) is 7.05 Å². The zero-order valence-corrected chi connectivity index (χ0v) is 10.5. The van der Waals surface area contributed by atoms with Crippen LogP contribution in [0.5, 0.6) is 0 Å². The van der Waals surface area contributed by atoms with Crippen LogP contribution in [0.3, 0.4) is 0 Å². The quantitative estimate of drug-likeness (QED) is 0.694. The first-order valence-electron chi connectivity index (χ1n) is 6.51. The number of β-amino-alcohol motifs (C(OH)–C–C–N with tert-alkyl or cyclic N) is 1. The van der Waals surface area contributed by atoms with E-state index in [1.54, 1.807) is 0 Å². The Bertz CT molecular complexity index is 224. The lowest BCUT2D eigenvalue weighted by Crippen LogP contribution is -2.56. The van der Waals surface area contributed by atoms with Crippen LogP contribution in [0, 0.1) is 0 Å². The Balaban J connectivity index is 1.84. The maximum Gasteiger partial charge on any atom is 0.0791 e. The smallest absolute Gasteiger partial charge is 0.0791 e. The first-order valence-corrected chi connectivity index (χ1v) is 6.51. The van der Waals surface area contributed by atoms with Gasteiger partial charge in [-0.3, -0.25) is 9.80 Å². The van der Waals surface area contributed by atoms with Gasteiger partial charge in [-0.05, 0) is 33.4 Å². The fourth-order valence-electron chi connectivity index (χ4n) is 3.07. The van der Waals surface area contributed by atoms with Gasteiger partial charge in [0.2, 0.25) is 0 Å². The number of hydrogen-bond acceptors (Lipinski definition) is 4. The second kappa shape index (κ2) is 5.45. The molecule has 0 saturated carbocycles. The van der Waals surface area contributed by atoms with Gasteiger partial charge in [-0.1, -0.05) is 0 Å². The summed E-state index contributed by atoms with van der Waals surface area (Å²) in [5.74, 6) is 0. The summed E-state index contributed by atoms with van der Waals surface area (Å²) in [5.41, 5.74) is 0. The summed E-state index contributed by atoms with van der Waals surface area (Å²) in [6.45, 7) is 7.38. The van der Waals surface area contributed by atoms with Crippen molar-refractivity contribution in [3.8, 4) is 0 Å². The molecule has 94 valence electrons. The van der Waals surface area contributed by atoms with Crippen molar-refractivity contribution in [2.75, 3.05) is 39.8 Å². The molecule has 0 aliphatic carbocycles. The molecule has 0 bridgehead atoms. The highest BCUT2D eigenvalue weighted by atomic mass is 16.3. The zero-order chi connectivity index (χ0) is 11.5. The normalized spacial score (nSPS) is 33.9.